The van der Waals surface area contributed by atoms with Crippen LogP contribution in [-0.2, 0) is 21.7 Å². The van der Waals surface area contributed by atoms with Gasteiger partial charge in [-0.3, -0.25) is 0 Å². The van der Waals surface area contributed by atoms with E-state index in [1.54, 1.807) is 0 Å². The van der Waals surface area contributed by atoms with Crippen LogP contribution >= 0.6 is 11.8 Å². The van der Waals surface area contributed by atoms with Crippen molar-refractivity contribution in [2.75, 3.05) is 4.90 Å². The van der Waals surface area contributed by atoms with Gasteiger partial charge in [0.25, 0.3) is 6.71 Å². The monoisotopic (exact) mass is 837 g/mol. The van der Waals surface area contributed by atoms with Crippen molar-refractivity contribution in [2.45, 2.75) is 115 Å². The van der Waals surface area contributed by atoms with E-state index in [-0.39, 0.29) is 28.4 Å². The van der Waals surface area contributed by atoms with Gasteiger partial charge in [0.05, 0.1) is 33.6 Å². The molecule has 0 atom stereocenters. The van der Waals surface area contributed by atoms with Crippen LogP contribution < -0.4 is 21.3 Å². The largest absolute Gasteiger partial charge is 0.310 e. The summed E-state index contributed by atoms with van der Waals surface area (Å²) in [4.78, 5) is 5.22. The lowest BCUT2D eigenvalue weighted by Crippen LogP contribution is -2.61. The lowest BCUT2D eigenvalue weighted by Gasteiger charge is -2.44. The first kappa shape index (κ1) is 39.0. The summed E-state index contributed by atoms with van der Waals surface area (Å²) >= 11 is 1.91. The Kier molecular flexibility index (Phi) is 7.76. The van der Waals surface area contributed by atoms with Crippen LogP contribution in [0.25, 0.3) is 55.0 Å². The Morgan fingerprint density at radius 1 is 0.413 bits per heavy atom. The van der Waals surface area contributed by atoms with E-state index in [0.29, 0.717) is 0 Å². The molecule has 0 radical (unpaired) electrons. The Morgan fingerprint density at radius 2 is 0.921 bits per heavy atom. The van der Waals surface area contributed by atoms with Crippen molar-refractivity contribution in [3.63, 3.8) is 0 Å². The van der Waals surface area contributed by atoms with Crippen LogP contribution in [0.4, 0.5) is 17.1 Å². The fourth-order valence-electron chi connectivity index (χ4n) is 11.0. The normalized spacial score (nSPS) is 14.5. The predicted molar refractivity (Wildman–Crippen MR) is 273 cm³/mol. The van der Waals surface area contributed by atoms with Crippen LogP contribution in [0.5, 0.6) is 0 Å². The second kappa shape index (κ2) is 12.5. The van der Waals surface area contributed by atoms with E-state index >= 15 is 0 Å². The molecule has 5 heterocycles. The summed E-state index contributed by atoms with van der Waals surface area (Å²) in [6, 6.07) is 48.0. The standard InChI is InChI=1S/C58H56BN3S/c1-55(2,3)33-20-23-44-38(26-33)39-27-34(56(4,5)6)21-24-45(39)60(44)37-31-48-52-49(32-37)62-47-17-13-14-18-50(47)63-51-19-15-16-42(54(51)62)59(52)43-30-36(58(10,11)12)29-41-40-28-35(57(7,8)9)22-25-46(40)61(48)53(41)43/h13-32H,1-12H3. The minimum atomic E-state index is -0.0322. The summed E-state index contributed by atoms with van der Waals surface area (Å²) in [6.45, 7) is 28.2. The molecule has 5 heteroatoms. The molecule has 0 saturated heterocycles. The van der Waals surface area contributed by atoms with Crippen molar-refractivity contribution in [1.82, 2.24) is 9.13 Å². The highest BCUT2D eigenvalue weighted by molar-refractivity contribution is 7.99. The highest BCUT2D eigenvalue weighted by Gasteiger charge is 2.45. The highest BCUT2D eigenvalue weighted by Crippen LogP contribution is 2.53. The topological polar surface area (TPSA) is 13.1 Å². The molecule has 0 unspecified atom stereocenters. The predicted octanol–water partition coefficient (Wildman–Crippen LogP) is 14.1. The molecule has 3 aliphatic rings. The number of benzene rings is 7. The van der Waals surface area contributed by atoms with Crippen molar-refractivity contribution < 1.29 is 0 Å². The Morgan fingerprint density at radius 3 is 1.51 bits per heavy atom. The third kappa shape index (κ3) is 5.48. The zero-order chi connectivity index (χ0) is 43.9. The quantitative estimate of drug-likeness (QED) is 0.153. The molecule has 2 aromatic heterocycles. The first-order valence-corrected chi connectivity index (χ1v) is 23.7. The Bertz CT molecular complexity index is 3410. The van der Waals surface area contributed by atoms with Crippen LogP contribution in [0.3, 0.4) is 0 Å². The molecule has 0 spiro atoms. The second-order valence-electron chi connectivity index (χ2n) is 22.8. The third-order valence-corrected chi connectivity index (χ3v) is 15.6. The molecule has 3 nitrogen and oxygen atoms in total. The van der Waals surface area contributed by atoms with Crippen LogP contribution in [0.2, 0.25) is 0 Å². The summed E-state index contributed by atoms with van der Waals surface area (Å²) in [5, 5.41) is 5.30. The van der Waals surface area contributed by atoms with Crippen LogP contribution in [0, 0.1) is 0 Å². The maximum absolute atomic E-state index is 2.65. The van der Waals surface area contributed by atoms with Gasteiger partial charge in [-0.15, -0.1) is 0 Å². The van der Waals surface area contributed by atoms with Gasteiger partial charge in [-0.2, -0.15) is 0 Å². The minimum absolute atomic E-state index is 0.0172. The second-order valence-corrected chi connectivity index (χ2v) is 23.8. The Hall–Kier alpha value is -5.65. The van der Waals surface area contributed by atoms with E-state index in [0.717, 1.165) is 0 Å². The van der Waals surface area contributed by atoms with E-state index in [1.165, 1.54) is 120 Å². The van der Waals surface area contributed by atoms with Gasteiger partial charge in [-0.05, 0) is 133 Å². The van der Waals surface area contributed by atoms with Crippen LogP contribution in [-0.4, -0.2) is 15.8 Å². The summed E-state index contributed by atoms with van der Waals surface area (Å²) < 4.78 is 5.22. The molecule has 312 valence electrons. The zero-order valence-electron chi connectivity index (χ0n) is 38.9. The maximum atomic E-state index is 2.65. The fourth-order valence-corrected chi connectivity index (χ4v) is 12.1. The first-order chi connectivity index (χ1) is 29.8. The Labute approximate surface area is 377 Å². The zero-order valence-corrected chi connectivity index (χ0v) is 39.7. The van der Waals surface area contributed by atoms with E-state index < -0.39 is 0 Å². The third-order valence-electron chi connectivity index (χ3n) is 14.5. The van der Waals surface area contributed by atoms with Crippen molar-refractivity contribution in [1.29, 1.82) is 0 Å². The summed E-state index contributed by atoms with van der Waals surface area (Å²) in [5.41, 5.74) is 21.0. The van der Waals surface area contributed by atoms with Crippen molar-refractivity contribution in [3.05, 3.63) is 144 Å². The first-order valence-electron chi connectivity index (χ1n) is 22.9. The minimum Gasteiger partial charge on any atom is -0.310 e. The molecule has 0 fully saturated rings. The van der Waals surface area contributed by atoms with E-state index in [9.17, 15) is 0 Å². The van der Waals surface area contributed by atoms with Crippen LogP contribution in [0.1, 0.15) is 105 Å². The number of nitrogens with zero attached hydrogens (tertiary/aromatic N) is 3. The summed E-state index contributed by atoms with van der Waals surface area (Å²) in [5.74, 6) is 0. The number of rotatable bonds is 1. The van der Waals surface area contributed by atoms with E-state index in [2.05, 4.69) is 218 Å². The smallest absolute Gasteiger partial charge is 0.252 e. The molecule has 0 saturated carbocycles. The van der Waals surface area contributed by atoms with Gasteiger partial charge in [0.15, 0.2) is 0 Å². The van der Waals surface area contributed by atoms with Gasteiger partial charge in [-0.25, -0.2) is 0 Å². The Balaban J connectivity index is 1.27. The van der Waals surface area contributed by atoms with Gasteiger partial charge >= 0.3 is 0 Å². The molecule has 0 amide bonds. The summed E-state index contributed by atoms with van der Waals surface area (Å²) in [6.07, 6.45) is 0. The highest BCUT2D eigenvalue weighted by atomic mass is 32.2. The molecular formula is C58H56BN3S. The molecule has 7 aromatic carbocycles. The number of aromatic nitrogens is 2. The van der Waals surface area contributed by atoms with Gasteiger partial charge in [0, 0.05) is 48.2 Å². The molecule has 9 aromatic rings. The van der Waals surface area contributed by atoms with Gasteiger partial charge in [0.1, 0.15) is 0 Å². The maximum Gasteiger partial charge on any atom is 0.252 e. The SMILES string of the molecule is CC(C)(C)c1ccc2c(c1)c1cc(C(C)(C)C)ccc1n2-c1cc2c3c(c1)-n1c4ccc(C(C)(C)C)cc4c4cc(C(C)(C)C)cc(c41)B3c1cccc3c1N2c1ccccc1S3. The van der Waals surface area contributed by atoms with E-state index in [4.69, 9.17) is 0 Å². The number of hydrogen-bond acceptors (Lipinski definition) is 2. The molecule has 3 aliphatic heterocycles. The molecule has 63 heavy (non-hydrogen) atoms. The average molecular weight is 838 g/mol. The van der Waals surface area contributed by atoms with Crippen LogP contribution in [0.15, 0.2) is 131 Å². The van der Waals surface area contributed by atoms with Crippen molar-refractivity contribution in [3.8, 4) is 11.4 Å². The number of hydrogen-bond donors (Lipinski definition) is 0. The van der Waals surface area contributed by atoms with Gasteiger partial charge in [-0.1, -0.05) is 143 Å². The van der Waals surface area contributed by atoms with Gasteiger partial charge < -0.3 is 14.0 Å². The van der Waals surface area contributed by atoms with E-state index in [1.807, 2.05) is 11.8 Å². The summed E-state index contributed by atoms with van der Waals surface area (Å²) in [7, 11) is 0. The lowest BCUT2D eigenvalue weighted by atomic mass is 9.33. The number of anilines is 3. The van der Waals surface area contributed by atoms with Crippen molar-refractivity contribution >= 4 is 95.5 Å². The lowest BCUT2D eigenvalue weighted by molar-refractivity contribution is 0.590. The molecule has 0 bridgehead atoms. The van der Waals surface area contributed by atoms with Crippen molar-refractivity contribution in [2.24, 2.45) is 0 Å². The molecule has 0 aliphatic carbocycles. The fraction of sp³-hybridized carbons (Fsp3) is 0.276. The molecular weight excluding hydrogens is 782 g/mol. The average Bonchev–Trinajstić information content (AvgIpc) is 3.74. The van der Waals surface area contributed by atoms with Gasteiger partial charge in [0.2, 0.25) is 0 Å². The number of fused-ring (bicyclic) bond motifs is 12. The molecule has 12 rings (SSSR count). The number of para-hydroxylation sites is 2. The molecule has 0 N–H and O–H groups in total.